The van der Waals surface area contributed by atoms with Crippen LogP contribution in [0.5, 0.6) is 23.0 Å². The van der Waals surface area contributed by atoms with Gasteiger partial charge in [0.2, 0.25) is 0 Å². The second kappa shape index (κ2) is 11.1. The molecule has 1 N–H and O–H groups in total. The van der Waals surface area contributed by atoms with E-state index < -0.39 is 17.7 Å². The molecule has 0 saturated carbocycles. The van der Waals surface area contributed by atoms with Crippen LogP contribution in [0.3, 0.4) is 0 Å². The highest BCUT2D eigenvalue weighted by atomic mass is 16.5. The van der Waals surface area contributed by atoms with Gasteiger partial charge in [0.25, 0.3) is 11.7 Å². The first kappa shape index (κ1) is 25.6. The second-order valence-electron chi connectivity index (χ2n) is 8.34. The fraction of sp³-hybridized carbons (Fsp3) is 0.241. The molecule has 1 unspecified atom stereocenters. The Hall–Kier alpha value is -4.46. The number of Topliss-reactive ketones (excluding diaryl/α,β-unsaturated/α-hetero) is 1. The van der Waals surface area contributed by atoms with Crippen LogP contribution in [-0.2, 0) is 16.1 Å². The van der Waals surface area contributed by atoms with Crippen LogP contribution >= 0.6 is 0 Å². The van der Waals surface area contributed by atoms with E-state index in [1.54, 1.807) is 61.7 Å². The van der Waals surface area contributed by atoms with Crippen LogP contribution in [0.15, 0.2) is 72.3 Å². The van der Waals surface area contributed by atoms with Crippen molar-refractivity contribution in [3.05, 3.63) is 89.0 Å². The first-order valence-corrected chi connectivity index (χ1v) is 11.8. The molecule has 0 bridgehead atoms. The first-order chi connectivity index (χ1) is 17.9. The van der Waals surface area contributed by atoms with Gasteiger partial charge in [0, 0.05) is 6.54 Å². The van der Waals surface area contributed by atoms with Crippen molar-refractivity contribution in [3.63, 3.8) is 0 Å². The molecule has 3 aromatic rings. The molecule has 1 aliphatic rings. The molecule has 1 saturated heterocycles. The van der Waals surface area contributed by atoms with Gasteiger partial charge in [-0.1, -0.05) is 24.3 Å². The monoisotopic (exact) mass is 503 g/mol. The number of amides is 1. The maximum absolute atomic E-state index is 13.4. The summed E-state index contributed by atoms with van der Waals surface area (Å²) in [5.74, 6) is 0.308. The lowest BCUT2D eigenvalue weighted by Crippen LogP contribution is -2.29. The van der Waals surface area contributed by atoms with Gasteiger partial charge in [-0.05, 0) is 60.5 Å². The molecule has 192 valence electrons. The molecule has 37 heavy (non-hydrogen) atoms. The molecule has 8 nitrogen and oxygen atoms in total. The Morgan fingerprint density at radius 1 is 0.838 bits per heavy atom. The lowest BCUT2D eigenvalue weighted by Gasteiger charge is -2.26. The number of nitrogens with zero attached hydrogens (tertiary/aromatic N) is 1. The number of benzene rings is 3. The summed E-state index contributed by atoms with van der Waals surface area (Å²) in [6.07, 6.45) is 0. The van der Waals surface area contributed by atoms with E-state index in [2.05, 4.69) is 0 Å². The number of ether oxygens (including phenoxy) is 4. The number of hydrogen-bond acceptors (Lipinski definition) is 7. The number of likely N-dealkylation sites (tertiary alicyclic amines) is 1. The minimum Gasteiger partial charge on any atom is -0.507 e. The molecule has 4 rings (SSSR count). The van der Waals surface area contributed by atoms with E-state index in [1.807, 2.05) is 19.1 Å². The number of hydrogen-bond donors (Lipinski definition) is 1. The number of carbonyl (C=O) groups is 2. The minimum absolute atomic E-state index is 0.0331. The second-order valence-corrected chi connectivity index (χ2v) is 8.34. The van der Waals surface area contributed by atoms with E-state index in [0.29, 0.717) is 35.2 Å². The Labute approximate surface area is 215 Å². The minimum atomic E-state index is -0.839. The molecule has 1 atom stereocenters. The Morgan fingerprint density at radius 2 is 1.46 bits per heavy atom. The lowest BCUT2D eigenvalue weighted by atomic mass is 9.94. The predicted molar refractivity (Wildman–Crippen MR) is 138 cm³/mol. The quantitative estimate of drug-likeness (QED) is 0.256. The van der Waals surface area contributed by atoms with Crippen LogP contribution in [0, 0.1) is 0 Å². The summed E-state index contributed by atoms with van der Waals surface area (Å²) in [6, 6.07) is 18.4. The van der Waals surface area contributed by atoms with Crippen LogP contribution in [-0.4, -0.2) is 49.6 Å². The molecule has 0 spiro atoms. The van der Waals surface area contributed by atoms with Crippen molar-refractivity contribution in [2.75, 3.05) is 27.9 Å². The molecule has 0 aliphatic carbocycles. The third-order valence-corrected chi connectivity index (χ3v) is 6.22. The predicted octanol–water partition coefficient (Wildman–Crippen LogP) is 4.73. The molecule has 1 heterocycles. The summed E-state index contributed by atoms with van der Waals surface area (Å²) in [6.45, 7) is 2.54. The van der Waals surface area contributed by atoms with Gasteiger partial charge in [-0.15, -0.1) is 0 Å². The van der Waals surface area contributed by atoms with Crippen molar-refractivity contribution in [2.24, 2.45) is 0 Å². The van der Waals surface area contributed by atoms with E-state index in [1.165, 1.54) is 19.1 Å². The smallest absolute Gasteiger partial charge is 0.295 e. The molecule has 1 aliphatic heterocycles. The standard InChI is InChI=1S/C29H29NO7/c1-5-37-21-12-8-19(9-13-21)26-25(27(31)23-16-22(35-3)14-15-24(23)36-4)28(32)29(33)30(26)17-18-6-10-20(34-2)11-7-18/h6-16,26,31H,5,17H2,1-4H3/b27-25+. The van der Waals surface area contributed by atoms with Crippen molar-refractivity contribution >= 4 is 17.4 Å². The lowest BCUT2D eigenvalue weighted by molar-refractivity contribution is -0.140. The van der Waals surface area contributed by atoms with Gasteiger partial charge in [0.05, 0.1) is 45.1 Å². The third-order valence-electron chi connectivity index (χ3n) is 6.22. The Kier molecular flexibility index (Phi) is 7.67. The zero-order valence-corrected chi connectivity index (χ0v) is 21.2. The van der Waals surface area contributed by atoms with Crippen molar-refractivity contribution in [2.45, 2.75) is 19.5 Å². The molecule has 8 heteroatoms. The maximum atomic E-state index is 13.4. The summed E-state index contributed by atoms with van der Waals surface area (Å²) in [5.41, 5.74) is 1.67. The molecule has 1 amide bonds. The van der Waals surface area contributed by atoms with E-state index in [0.717, 1.165) is 5.56 Å². The molecule has 1 fully saturated rings. The van der Waals surface area contributed by atoms with Gasteiger partial charge in [-0.2, -0.15) is 0 Å². The van der Waals surface area contributed by atoms with Gasteiger partial charge in [0.15, 0.2) is 0 Å². The number of methoxy groups -OCH3 is 3. The molecule has 0 aromatic heterocycles. The summed E-state index contributed by atoms with van der Waals surface area (Å²) in [5, 5.41) is 11.5. The zero-order chi connectivity index (χ0) is 26.5. The Balaban J connectivity index is 1.86. The fourth-order valence-corrected chi connectivity index (χ4v) is 4.37. The van der Waals surface area contributed by atoms with Crippen molar-refractivity contribution in [1.29, 1.82) is 0 Å². The highest BCUT2D eigenvalue weighted by Gasteiger charge is 2.46. The number of carbonyl (C=O) groups excluding carboxylic acids is 2. The summed E-state index contributed by atoms with van der Waals surface area (Å²) in [4.78, 5) is 28.2. The van der Waals surface area contributed by atoms with Crippen molar-refractivity contribution in [3.8, 4) is 23.0 Å². The van der Waals surface area contributed by atoms with E-state index in [-0.39, 0.29) is 23.4 Å². The normalized spacial score (nSPS) is 16.5. The van der Waals surface area contributed by atoms with E-state index in [4.69, 9.17) is 18.9 Å². The average molecular weight is 504 g/mol. The van der Waals surface area contributed by atoms with Gasteiger partial charge in [-0.25, -0.2) is 0 Å². The molecule has 3 aromatic carbocycles. The fourth-order valence-electron chi connectivity index (χ4n) is 4.37. The number of aliphatic hydroxyl groups is 1. The topological polar surface area (TPSA) is 94.5 Å². The molecule has 0 radical (unpaired) electrons. The van der Waals surface area contributed by atoms with Gasteiger partial charge < -0.3 is 29.0 Å². The number of aliphatic hydroxyl groups excluding tert-OH is 1. The first-order valence-electron chi connectivity index (χ1n) is 11.8. The van der Waals surface area contributed by atoms with Crippen LogP contribution in [0.2, 0.25) is 0 Å². The summed E-state index contributed by atoms with van der Waals surface area (Å²) >= 11 is 0. The van der Waals surface area contributed by atoms with Crippen LogP contribution in [0.4, 0.5) is 0 Å². The summed E-state index contributed by atoms with van der Waals surface area (Å²) < 4.78 is 21.5. The van der Waals surface area contributed by atoms with Crippen molar-refractivity contribution in [1.82, 2.24) is 4.90 Å². The highest BCUT2D eigenvalue weighted by Crippen LogP contribution is 2.42. The summed E-state index contributed by atoms with van der Waals surface area (Å²) in [7, 11) is 4.54. The third kappa shape index (κ3) is 5.09. The highest BCUT2D eigenvalue weighted by molar-refractivity contribution is 6.46. The van der Waals surface area contributed by atoms with Crippen LogP contribution < -0.4 is 18.9 Å². The SMILES string of the molecule is CCOc1ccc(C2/C(=C(\O)c3cc(OC)ccc3OC)C(=O)C(=O)N2Cc2ccc(OC)cc2)cc1. The zero-order valence-electron chi connectivity index (χ0n) is 21.2. The average Bonchev–Trinajstić information content (AvgIpc) is 3.18. The van der Waals surface area contributed by atoms with Gasteiger partial charge in [-0.3, -0.25) is 9.59 Å². The van der Waals surface area contributed by atoms with Crippen LogP contribution in [0.25, 0.3) is 5.76 Å². The van der Waals surface area contributed by atoms with E-state index >= 15 is 0 Å². The maximum Gasteiger partial charge on any atom is 0.295 e. The van der Waals surface area contributed by atoms with Crippen molar-refractivity contribution < 1.29 is 33.6 Å². The Bertz CT molecular complexity index is 1310. The number of ketones is 1. The largest absolute Gasteiger partial charge is 0.507 e. The number of rotatable bonds is 9. The van der Waals surface area contributed by atoms with E-state index in [9.17, 15) is 14.7 Å². The van der Waals surface area contributed by atoms with Crippen LogP contribution in [0.1, 0.15) is 29.7 Å². The van der Waals surface area contributed by atoms with Gasteiger partial charge in [0.1, 0.15) is 28.8 Å². The molecular weight excluding hydrogens is 474 g/mol. The molecular formula is C29H29NO7. The van der Waals surface area contributed by atoms with Gasteiger partial charge >= 0.3 is 0 Å². The Morgan fingerprint density at radius 3 is 2.05 bits per heavy atom.